The number of primary sulfonamides is 1. The average Bonchev–Trinajstić information content (AvgIpc) is 2.44. The second kappa shape index (κ2) is 5.23. The van der Waals surface area contributed by atoms with Crippen LogP contribution < -0.4 is 5.14 Å². The SMILES string of the molecule is NS(=O)(=O)CC1CC(=O)N([C@@H](CS)C(=O)O)C1. The summed E-state index contributed by atoms with van der Waals surface area (Å²) in [6.07, 6.45) is 0.00792. The lowest BCUT2D eigenvalue weighted by Crippen LogP contribution is -2.43. The molecular weight excluding hydrogens is 268 g/mol. The third-order valence-corrected chi connectivity index (χ3v) is 3.82. The van der Waals surface area contributed by atoms with E-state index in [9.17, 15) is 18.0 Å². The Morgan fingerprint density at radius 2 is 2.24 bits per heavy atom. The summed E-state index contributed by atoms with van der Waals surface area (Å²) in [6.45, 7) is 0.0901. The number of amides is 1. The Kier molecular flexibility index (Phi) is 4.39. The van der Waals surface area contributed by atoms with Gasteiger partial charge in [-0.2, -0.15) is 12.6 Å². The predicted molar refractivity (Wildman–Crippen MR) is 63.1 cm³/mol. The number of rotatable bonds is 5. The number of thiol groups is 1. The average molecular weight is 282 g/mol. The van der Waals surface area contributed by atoms with E-state index in [1.165, 1.54) is 0 Å². The fraction of sp³-hybridized carbons (Fsp3) is 0.750. The van der Waals surface area contributed by atoms with E-state index in [-0.39, 0.29) is 30.4 Å². The zero-order valence-corrected chi connectivity index (χ0v) is 10.7. The van der Waals surface area contributed by atoms with Gasteiger partial charge >= 0.3 is 5.97 Å². The molecule has 2 atom stereocenters. The smallest absolute Gasteiger partial charge is 0.327 e. The highest BCUT2D eigenvalue weighted by Crippen LogP contribution is 2.21. The van der Waals surface area contributed by atoms with Crippen LogP contribution in [0.5, 0.6) is 0 Å². The van der Waals surface area contributed by atoms with Crippen LogP contribution in [-0.4, -0.2) is 54.4 Å². The monoisotopic (exact) mass is 282 g/mol. The molecule has 1 amide bonds. The molecule has 0 aromatic carbocycles. The van der Waals surface area contributed by atoms with E-state index in [2.05, 4.69) is 12.6 Å². The van der Waals surface area contributed by atoms with E-state index in [1.54, 1.807) is 0 Å². The number of carboxylic acid groups (broad SMARTS) is 1. The number of aliphatic carboxylic acids is 1. The first-order valence-electron chi connectivity index (χ1n) is 4.88. The van der Waals surface area contributed by atoms with Crippen molar-refractivity contribution >= 4 is 34.5 Å². The summed E-state index contributed by atoms with van der Waals surface area (Å²) in [4.78, 5) is 23.6. The maximum absolute atomic E-state index is 11.6. The molecule has 17 heavy (non-hydrogen) atoms. The van der Waals surface area contributed by atoms with E-state index < -0.39 is 28.0 Å². The van der Waals surface area contributed by atoms with E-state index in [4.69, 9.17) is 10.2 Å². The number of nitrogens with zero attached hydrogens (tertiary/aromatic N) is 1. The van der Waals surface area contributed by atoms with Gasteiger partial charge in [-0.05, 0) is 0 Å². The number of likely N-dealkylation sites (tertiary alicyclic amines) is 1. The molecule has 0 radical (unpaired) electrons. The molecule has 1 rings (SSSR count). The molecular formula is C8H14N2O5S2. The summed E-state index contributed by atoms with van der Waals surface area (Å²) in [5, 5.41) is 13.8. The lowest BCUT2D eigenvalue weighted by molar-refractivity contribution is -0.147. The Bertz CT molecular complexity index is 422. The van der Waals surface area contributed by atoms with Crippen molar-refractivity contribution in [3.05, 3.63) is 0 Å². The molecule has 1 unspecified atom stereocenters. The predicted octanol–water partition coefficient (Wildman–Crippen LogP) is -1.49. The molecule has 9 heteroatoms. The Hall–Kier alpha value is -0.800. The van der Waals surface area contributed by atoms with Gasteiger partial charge in [-0.25, -0.2) is 18.4 Å². The van der Waals surface area contributed by atoms with Crippen molar-refractivity contribution in [2.45, 2.75) is 12.5 Å². The highest BCUT2D eigenvalue weighted by molar-refractivity contribution is 7.89. The fourth-order valence-corrected chi connectivity index (χ4v) is 3.09. The first-order valence-corrected chi connectivity index (χ1v) is 7.23. The third-order valence-electron chi connectivity index (χ3n) is 2.54. The molecule has 3 N–H and O–H groups in total. The highest BCUT2D eigenvalue weighted by Gasteiger charge is 2.38. The number of carboxylic acids is 1. The normalized spacial score (nSPS) is 22.8. The number of sulfonamides is 1. The van der Waals surface area contributed by atoms with E-state index >= 15 is 0 Å². The Labute approximate surface area is 104 Å². The number of hydrogen-bond acceptors (Lipinski definition) is 5. The van der Waals surface area contributed by atoms with Crippen LogP contribution in [0.25, 0.3) is 0 Å². The van der Waals surface area contributed by atoms with Gasteiger partial charge in [0.15, 0.2) is 0 Å². The standard InChI is InChI=1S/C8H14N2O5S2/c9-17(14,15)4-5-1-7(11)10(2-5)6(3-16)8(12)13/h5-6,16H,1-4H2,(H,12,13)(H2,9,14,15)/t5?,6-/m0/s1. The molecule has 1 heterocycles. The number of carbonyl (C=O) groups is 2. The maximum Gasteiger partial charge on any atom is 0.327 e. The molecule has 1 saturated heterocycles. The molecule has 0 aromatic rings. The van der Waals surface area contributed by atoms with Crippen LogP contribution in [0.1, 0.15) is 6.42 Å². The van der Waals surface area contributed by atoms with Gasteiger partial charge in [-0.1, -0.05) is 0 Å². The minimum atomic E-state index is -3.65. The number of hydrogen-bond donors (Lipinski definition) is 3. The van der Waals surface area contributed by atoms with Crippen molar-refractivity contribution in [1.82, 2.24) is 4.90 Å². The summed E-state index contributed by atoms with van der Waals surface area (Å²) in [5.74, 6) is -2.29. The first-order chi connectivity index (χ1) is 7.74. The molecule has 98 valence electrons. The van der Waals surface area contributed by atoms with Crippen molar-refractivity contribution in [2.24, 2.45) is 11.1 Å². The minimum Gasteiger partial charge on any atom is -0.480 e. The van der Waals surface area contributed by atoms with Crippen molar-refractivity contribution < 1.29 is 23.1 Å². The van der Waals surface area contributed by atoms with Crippen molar-refractivity contribution in [1.29, 1.82) is 0 Å². The molecule has 0 aliphatic carbocycles. The van der Waals surface area contributed by atoms with Crippen LogP contribution in [0.4, 0.5) is 0 Å². The zero-order valence-electron chi connectivity index (χ0n) is 8.94. The second-order valence-corrected chi connectivity index (χ2v) is 6.01. The van der Waals surface area contributed by atoms with Crippen LogP contribution in [0.15, 0.2) is 0 Å². The van der Waals surface area contributed by atoms with Crippen molar-refractivity contribution in [3.63, 3.8) is 0 Å². The van der Waals surface area contributed by atoms with Gasteiger partial charge in [-0.3, -0.25) is 4.79 Å². The lowest BCUT2D eigenvalue weighted by atomic mass is 10.1. The molecule has 1 fully saturated rings. The number of carbonyl (C=O) groups excluding carboxylic acids is 1. The van der Waals surface area contributed by atoms with Gasteiger partial charge in [0.1, 0.15) is 6.04 Å². The molecule has 0 spiro atoms. The number of nitrogens with two attached hydrogens (primary N) is 1. The van der Waals surface area contributed by atoms with Crippen molar-refractivity contribution in [2.75, 3.05) is 18.1 Å². The molecule has 1 aliphatic heterocycles. The van der Waals surface area contributed by atoms with Gasteiger partial charge in [0.25, 0.3) is 0 Å². The molecule has 7 nitrogen and oxygen atoms in total. The zero-order chi connectivity index (χ0) is 13.2. The Morgan fingerprint density at radius 3 is 2.65 bits per heavy atom. The Morgan fingerprint density at radius 1 is 1.65 bits per heavy atom. The van der Waals surface area contributed by atoms with Gasteiger partial charge in [0.05, 0.1) is 5.75 Å². The summed E-state index contributed by atoms with van der Waals surface area (Å²) >= 11 is 3.87. The van der Waals surface area contributed by atoms with Crippen LogP contribution in [-0.2, 0) is 19.6 Å². The van der Waals surface area contributed by atoms with E-state index in [0.717, 1.165) is 4.90 Å². The van der Waals surface area contributed by atoms with Gasteiger partial charge in [0, 0.05) is 24.6 Å². The van der Waals surface area contributed by atoms with Crippen LogP contribution in [0.2, 0.25) is 0 Å². The van der Waals surface area contributed by atoms with Crippen LogP contribution in [0, 0.1) is 5.92 Å². The van der Waals surface area contributed by atoms with Gasteiger partial charge < -0.3 is 10.0 Å². The summed E-state index contributed by atoms with van der Waals surface area (Å²) < 4.78 is 21.8. The fourth-order valence-electron chi connectivity index (χ4n) is 1.86. The summed E-state index contributed by atoms with van der Waals surface area (Å²) in [7, 11) is -3.65. The van der Waals surface area contributed by atoms with Gasteiger partial charge in [0.2, 0.25) is 15.9 Å². The topological polar surface area (TPSA) is 118 Å². The van der Waals surface area contributed by atoms with Crippen molar-refractivity contribution in [3.8, 4) is 0 Å². The molecule has 0 saturated carbocycles. The summed E-state index contributed by atoms with van der Waals surface area (Å²) in [5.41, 5.74) is 0. The van der Waals surface area contributed by atoms with Gasteiger partial charge in [-0.15, -0.1) is 0 Å². The van der Waals surface area contributed by atoms with E-state index in [1.807, 2.05) is 0 Å². The molecule has 0 aromatic heterocycles. The second-order valence-electron chi connectivity index (χ2n) is 3.98. The largest absolute Gasteiger partial charge is 0.480 e. The quantitative estimate of drug-likeness (QED) is 0.531. The van der Waals surface area contributed by atoms with E-state index in [0.29, 0.717) is 0 Å². The lowest BCUT2D eigenvalue weighted by Gasteiger charge is -2.22. The van der Waals surface area contributed by atoms with Crippen LogP contribution >= 0.6 is 12.6 Å². The molecule has 0 bridgehead atoms. The minimum absolute atomic E-state index is 0.00792. The Balaban J connectivity index is 2.73. The maximum atomic E-state index is 11.6. The van der Waals surface area contributed by atoms with Crippen LogP contribution in [0.3, 0.4) is 0 Å². The third kappa shape index (κ3) is 3.86. The summed E-state index contributed by atoms with van der Waals surface area (Å²) in [6, 6.07) is -1.02. The highest BCUT2D eigenvalue weighted by atomic mass is 32.2. The molecule has 1 aliphatic rings. The first kappa shape index (κ1) is 14.3.